The van der Waals surface area contributed by atoms with Crippen molar-refractivity contribution in [2.75, 3.05) is 0 Å². The Morgan fingerprint density at radius 1 is 0.902 bits per heavy atom. The lowest BCUT2D eigenvalue weighted by Gasteiger charge is -2.44. The van der Waals surface area contributed by atoms with E-state index in [9.17, 15) is 14.4 Å². The van der Waals surface area contributed by atoms with Gasteiger partial charge in [-0.2, -0.15) is 0 Å². The van der Waals surface area contributed by atoms with Gasteiger partial charge < -0.3 is 20.3 Å². The number of aryl methyl sites for hydroxylation is 1. The van der Waals surface area contributed by atoms with Crippen molar-refractivity contribution in [2.45, 2.75) is 122 Å². The van der Waals surface area contributed by atoms with Gasteiger partial charge in [0.2, 0.25) is 11.8 Å². The number of rotatable bonds is 9. The summed E-state index contributed by atoms with van der Waals surface area (Å²) in [5.41, 5.74) is 3.14. The van der Waals surface area contributed by atoms with Gasteiger partial charge in [-0.15, -0.1) is 0 Å². The fourth-order valence-electron chi connectivity index (χ4n) is 5.88. The van der Waals surface area contributed by atoms with E-state index < -0.39 is 23.8 Å². The third kappa shape index (κ3) is 8.11. The smallest absolute Gasteiger partial charge is 0.408 e. The number of benzene rings is 2. The van der Waals surface area contributed by atoms with E-state index in [1.54, 1.807) is 25.7 Å². The van der Waals surface area contributed by atoms with Crippen molar-refractivity contribution in [3.8, 4) is 0 Å². The fourth-order valence-corrected chi connectivity index (χ4v) is 5.88. The van der Waals surface area contributed by atoms with Crippen molar-refractivity contribution >= 4 is 17.9 Å². The van der Waals surface area contributed by atoms with Crippen molar-refractivity contribution in [1.29, 1.82) is 0 Å². The van der Waals surface area contributed by atoms with Crippen LogP contribution in [-0.4, -0.2) is 46.5 Å². The molecule has 7 nitrogen and oxygen atoms in total. The molecule has 2 N–H and O–H groups in total. The van der Waals surface area contributed by atoms with E-state index >= 15 is 0 Å². The third-order valence-electron chi connectivity index (χ3n) is 8.41. The summed E-state index contributed by atoms with van der Waals surface area (Å²) >= 11 is 0. The van der Waals surface area contributed by atoms with E-state index in [1.807, 2.05) is 62.4 Å². The number of nitrogens with zero attached hydrogens (tertiary/aromatic N) is 1. The van der Waals surface area contributed by atoms with Crippen LogP contribution >= 0.6 is 0 Å². The zero-order valence-electron chi connectivity index (χ0n) is 25.4. The summed E-state index contributed by atoms with van der Waals surface area (Å²) in [5, 5.41) is 6.19. The first-order valence-electron chi connectivity index (χ1n) is 15.3. The predicted octanol–water partition coefficient (Wildman–Crippen LogP) is 6.31. The van der Waals surface area contributed by atoms with Crippen LogP contribution in [0.2, 0.25) is 0 Å². The standard InChI is InChI=1S/C34H47N3O4/c1-23-14-12-21-28(24(23)2)30(31(38)35-26-17-10-7-11-18-26)37(27-19-13-20-27)32(39)29(22-25-15-8-6-9-16-25)36-33(40)41-34(3,4)5/h6,8-9,12,14-16,21,26-27,29-30H,7,10-11,13,17-20,22H2,1-5H3,(H,35,38)(H,36,40). The van der Waals surface area contributed by atoms with Crippen LogP contribution in [0.1, 0.15) is 100 Å². The SMILES string of the molecule is Cc1cccc(C(C(=O)NC2CCCCC2)N(C(=O)C(Cc2ccccc2)NC(=O)OC(C)(C)C)C2CCC2)c1C. The van der Waals surface area contributed by atoms with Gasteiger partial charge in [0.25, 0.3) is 0 Å². The molecule has 0 heterocycles. The molecule has 41 heavy (non-hydrogen) atoms. The average Bonchev–Trinajstić information content (AvgIpc) is 2.89. The highest BCUT2D eigenvalue weighted by Crippen LogP contribution is 2.36. The van der Waals surface area contributed by atoms with E-state index in [1.165, 1.54) is 6.42 Å². The van der Waals surface area contributed by atoms with Crippen molar-refractivity contribution in [3.05, 3.63) is 70.8 Å². The van der Waals surface area contributed by atoms with Gasteiger partial charge in [0.05, 0.1) is 0 Å². The van der Waals surface area contributed by atoms with E-state index in [0.29, 0.717) is 6.42 Å². The largest absolute Gasteiger partial charge is 0.444 e. The highest BCUT2D eigenvalue weighted by atomic mass is 16.6. The van der Waals surface area contributed by atoms with Gasteiger partial charge in [-0.05, 0) is 89.0 Å². The lowest BCUT2D eigenvalue weighted by Crippen LogP contribution is -2.58. The first-order valence-corrected chi connectivity index (χ1v) is 15.3. The summed E-state index contributed by atoms with van der Waals surface area (Å²) in [5.74, 6) is -0.393. The fraction of sp³-hybridized carbons (Fsp3) is 0.559. The molecule has 3 amide bonds. The van der Waals surface area contributed by atoms with Crippen molar-refractivity contribution in [2.24, 2.45) is 0 Å². The quantitative estimate of drug-likeness (QED) is 0.376. The molecule has 2 aliphatic rings. The molecule has 2 fully saturated rings. The molecule has 2 aromatic carbocycles. The monoisotopic (exact) mass is 561 g/mol. The van der Waals surface area contributed by atoms with Gasteiger partial charge in [0, 0.05) is 18.5 Å². The van der Waals surface area contributed by atoms with Crippen molar-refractivity contribution < 1.29 is 19.1 Å². The third-order valence-corrected chi connectivity index (χ3v) is 8.41. The number of alkyl carbamates (subject to hydrolysis) is 1. The molecular formula is C34H47N3O4. The second-order valence-electron chi connectivity index (χ2n) is 12.8. The Labute approximate surface area is 245 Å². The first kappa shape index (κ1) is 30.6. The van der Waals surface area contributed by atoms with Gasteiger partial charge in [-0.1, -0.05) is 67.8 Å². The Morgan fingerprint density at radius 3 is 2.20 bits per heavy atom. The molecule has 0 spiro atoms. The molecule has 0 radical (unpaired) electrons. The zero-order chi connectivity index (χ0) is 29.6. The molecule has 2 aliphatic carbocycles. The molecular weight excluding hydrogens is 514 g/mol. The Kier molecular flexibility index (Phi) is 10.1. The summed E-state index contributed by atoms with van der Waals surface area (Å²) in [4.78, 5) is 43.7. The van der Waals surface area contributed by atoms with Gasteiger partial charge in [0.15, 0.2) is 0 Å². The number of nitrogens with one attached hydrogen (secondary N) is 2. The van der Waals surface area contributed by atoms with Crippen LogP contribution in [0.4, 0.5) is 4.79 Å². The summed E-state index contributed by atoms with van der Waals surface area (Å²) in [6.45, 7) is 9.45. The highest BCUT2D eigenvalue weighted by molar-refractivity contribution is 5.93. The van der Waals surface area contributed by atoms with Crippen LogP contribution in [0.3, 0.4) is 0 Å². The number of ether oxygens (including phenoxy) is 1. The Balaban J connectivity index is 1.73. The maximum atomic E-state index is 14.7. The van der Waals surface area contributed by atoms with E-state index in [2.05, 4.69) is 10.6 Å². The van der Waals surface area contributed by atoms with Crippen LogP contribution in [0, 0.1) is 13.8 Å². The molecule has 0 saturated heterocycles. The molecule has 7 heteroatoms. The summed E-state index contributed by atoms with van der Waals surface area (Å²) in [7, 11) is 0. The number of hydrogen-bond acceptors (Lipinski definition) is 4. The van der Waals surface area contributed by atoms with E-state index in [0.717, 1.165) is 67.2 Å². The normalized spacial score (nSPS) is 17.6. The van der Waals surface area contributed by atoms with Crippen LogP contribution in [-0.2, 0) is 20.7 Å². The topological polar surface area (TPSA) is 87.7 Å². The molecule has 2 saturated carbocycles. The Bertz CT molecular complexity index is 1200. The predicted molar refractivity (Wildman–Crippen MR) is 161 cm³/mol. The maximum absolute atomic E-state index is 14.7. The average molecular weight is 562 g/mol. The van der Waals surface area contributed by atoms with Gasteiger partial charge in [-0.25, -0.2) is 4.79 Å². The number of carbonyl (C=O) groups is 3. The van der Waals surface area contributed by atoms with Crippen LogP contribution < -0.4 is 10.6 Å². The molecule has 0 aromatic heterocycles. The Morgan fingerprint density at radius 2 is 1.59 bits per heavy atom. The minimum absolute atomic E-state index is 0.0803. The zero-order valence-corrected chi connectivity index (χ0v) is 25.4. The van der Waals surface area contributed by atoms with Gasteiger partial charge in [-0.3, -0.25) is 9.59 Å². The lowest BCUT2D eigenvalue weighted by atomic mass is 9.86. The second kappa shape index (κ2) is 13.5. The number of carbonyl (C=O) groups excluding carboxylic acids is 3. The summed E-state index contributed by atoms with van der Waals surface area (Å²) in [6, 6.07) is 14.0. The summed E-state index contributed by atoms with van der Waals surface area (Å²) in [6.07, 6.45) is 7.62. The molecule has 2 atom stereocenters. The van der Waals surface area contributed by atoms with Crippen molar-refractivity contribution in [1.82, 2.24) is 15.5 Å². The van der Waals surface area contributed by atoms with Crippen LogP contribution in [0.25, 0.3) is 0 Å². The molecule has 222 valence electrons. The molecule has 2 aromatic rings. The number of amides is 3. The minimum Gasteiger partial charge on any atom is -0.444 e. The van der Waals surface area contributed by atoms with Crippen LogP contribution in [0.5, 0.6) is 0 Å². The molecule has 2 unspecified atom stereocenters. The highest BCUT2D eigenvalue weighted by Gasteiger charge is 2.43. The van der Waals surface area contributed by atoms with Crippen LogP contribution in [0.15, 0.2) is 48.5 Å². The van der Waals surface area contributed by atoms with Gasteiger partial charge >= 0.3 is 6.09 Å². The lowest BCUT2D eigenvalue weighted by molar-refractivity contribution is -0.147. The minimum atomic E-state index is -0.886. The molecule has 4 rings (SSSR count). The second-order valence-corrected chi connectivity index (χ2v) is 12.8. The Hall–Kier alpha value is -3.35. The molecule has 0 bridgehead atoms. The maximum Gasteiger partial charge on any atom is 0.408 e. The molecule has 0 aliphatic heterocycles. The van der Waals surface area contributed by atoms with Crippen molar-refractivity contribution in [3.63, 3.8) is 0 Å². The van der Waals surface area contributed by atoms with E-state index in [-0.39, 0.29) is 23.9 Å². The first-order chi connectivity index (χ1) is 19.5. The number of hydrogen-bond donors (Lipinski definition) is 2. The van der Waals surface area contributed by atoms with Gasteiger partial charge in [0.1, 0.15) is 17.7 Å². The summed E-state index contributed by atoms with van der Waals surface area (Å²) < 4.78 is 5.56. The van der Waals surface area contributed by atoms with E-state index in [4.69, 9.17) is 4.74 Å².